The van der Waals surface area contributed by atoms with Crippen LogP contribution in [0.15, 0.2) is 18.2 Å². The van der Waals surface area contributed by atoms with E-state index in [1.165, 1.54) is 0 Å². The fraction of sp³-hybridized carbons (Fsp3) is 0.462. The van der Waals surface area contributed by atoms with Gasteiger partial charge in [-0.25, -0.2) is 4.68 Å². The van der Waals surface area contributed by atoms with Crippen molar-refractivity contribution >= 4 is 16.9 Å². The van der Waals surface area contributed by atoms with E-state index in [1.54, 1.807) is 10.7 Å². The maximum absolute atomic E-state index is 12.4. The normalized spacial score (nSPS) is 19.9. The number of likely N-dealkylation sites (tertiary alicyclic amines) is 1. The minimum Gasteiger partial charge on any atom is -0.337 e. The maximum atomic E-state index is 12.4. The van der Waals surface area contributed by atoms with E-state index in [-0.39, 0.29) is 11.9 Å². The Bertz CT molecular complexity index is 621. The number of hydrogen-bond acceptors (Lipinski definition) is 4. The van der Waals surface area contributed by atoms with Crippen molar-refractivity contribution in [1.82, 2.24) is 19.9 Å². The summed E-state index contributed by atoms with van der Waals surface area (Å²) in [6.45, 7) is 1.42. The van der Waals surface area contributed by atoms with Gasteiger partial charge < -0.3 is 10.6 Å². The molecule has 100 valence electrons. The van der Waals surface area contributed by atoms with Gasteiger partial charge in [0, 0.05) is 31.7 Å². The Morgan fingerprint density at radius 1 is 1.47 bits per heavy atom. The van der Waals surface area contributed by atoms with E-state index in [9.17, 15) is 4.79 Å². The zero-order valence-corrected chi connectivity index (χ0v) is 10.9. The molecule has 3 rings (SSSR count). The molecule has 6 heteroatoms. The van der Waals surface area contributed by atoms with E-state index < -0.39 is 0 Å². The molecule has 0 saturated carbocycles. The number of aromatic nitrogens is 3. The average Bonchev–Trinajstić information content (AvgIpc) is 2.79. The molecule has 2 heterocycles. The van der Waals surface area contributed by atoms with E-state index in [0.29, 0.717) is 12.1 Å². The highest BCUT2D eigenvalue weighted by Gasteiger charge is 2.22. The average molecular weight is 259 g/mol. The maximum Gasteiger partial charge on any atom is 0.253 e. The minimum atomic E-state index is 0.0303. The van der Waals surface area contributed by atoms with Crippen molar-refractivity contribution in [3.05, 3.63) is 23.8 Å². The van der Waals surface area contributed by atoms with Crippen molar-refractivity contribution in [2.45, 2.75) is 18.9 Å². The Kier molecular flexibility index (Phi) is 2.94. The SMILES string of the molecule is Cn1nnc2cc(C(=O)N3CCCC(N)C3)ccc21. The topological polar surface area (TPSA) is 77.0 Å². The van der Waals surface area contributed by atoms with Crippen LogP contribution in [0.5, 0.6) is 0 Å². The predicted molar refractivity (Wildman–Crippen MR) is 71.6 cm³/mol. The zero-order valence-electron chi connectivity index (χ0n) is 10.9. The summed E-state index contributed by atoms with van der Waals surface area (Å²) in [6.07, 6.45) is 1.97. The molecule has 1 unspecified atom stereocenters. The number of carbonyl (C=O) groups is 1. The lowest BCUT2D eigenvalue weighted by atomic mass is 10.1. The lowest BCUT2D eigenvalue weighted by Gasteiger charge is -2.30. The Balaban J connectivity index is 1.88. The second-order valence-electron chi connectivity index (χ2n) is 5.07. The molecule has 19 heavy (non-hydrogen) atoms. The molecule has 1 amide bonds. The van der Waals surface area contributed by atoms with Crippen LogP contribution in [0.4, 0.5) is 0 Å². The summed E-state index contributed by atoms with van der Waals surface area (Å²) in [7, 11) is 1.83. The standard InChI is InChI=1S/C13H17N5O/c1-17-12-5-4-9(7-11(12)15-16-17)13(19)18-6-2-3-10(14)8-18/h4-5,7,10H,2-3,6,8,14H2,1H3. The Hall–Kier alpha value is -1.95. The smallest absolute Gasteiger partial charge is 0.253 e. The Labute approximate surface area is 111 Å². The molecule has 1 atom stereocenters. The molecule has 6 nitrogen and oxygen atoms in total. The van der Waals surface area contributed by atoms with Crippen molar-refractivity contribution < 1.29 is 4.79 Å². The van der Waals surface area contributed by atoms with Crippen molar-refractivity contribution in [3.8, 4) is 0 Å². The number of carbonyl (C=O) groups excluding carboxylic acids is 1. The second kappa shape index (κ2) is 4.62. The van der Waals surface area contributed by atoms with Crippen molar-refractivity contribution in [2.75, 3.05) is 13.1 Å². The van der Waals surface area contributed by atoms with Crippen LogP contribution in [-0.4, -0.2) is 44.9 Å². The van der Waals surface area contributed by atoms with Gasteiger partial charge in [-0.1, -0.05) is 5.21 Å². The fourth-order valence-electron chi connectivity index (χ4n) is 2.55. The summed E-state index contributed by atoms with van der Waals surface area (Å²) in [4.78, 5) is 14.2. The fourth-order valence-corrected chi connectivity index (χ4v) is 2.55. The van der Waals surface area contributed by atoms with Crippen LogP contribution in [0, 0.1) is 0 Å². The first-order valence-corrected chi connectivity index (χ1v) is 6.49. The molecule has 2 aromatic rings. The van der Waals surface area contributed by atoms with Crippen molar-refractivity contribution in [3.63, 3.8) is 0 Å². The highest BCUT2D eigenvalue weighted by Crippen LogP contribution is 2.16. The quantitative estimate of drug-likeness (QED) is 0.810. The third-order valence-corrected chi connectivity index (χ3v) is 3.60. The van der Waals surface area contributed by atoms with Gasteiger partial charge in [-0.05, 0) is 31.0 Å². The summed E-state index contributed by atoms with van der Waals surface area (Å²) in [5.41, 5.74) is 8.24. The van der Waals surface area contributed by atoms with Crippen LogP contribution in [0.1, 0.15) is 23.2 Å². The van der Waals surface area contributed by atoms with Gasteiger partial charge in [-0.2, -0.15) is 0 Å². The Morgan fingerprint density at radius 2 is 2.32 bits per heavy atom. The minimum absolute atomic E-state index is 0.0303. The monoisotopic (exact) mass is 259 g/mol. The van der Waals surface area contributed by atoms with Gasteiger partial charge in [-0.15, -0.1) is 5.10 Å². The van der Waals surface area contributed by atoms with Crippen LogP contribution in [-0.2, 0) is 7.05 Å². The van der Waals surface area contributed by atoms with Gasteiger partial charge in [0.05, 0.1) is 5.52 Å². The van der Waals surface area contributed by atoms with Gasteiger partial charge in [-0.3, -0.25) is 4.79 Å². The van der Waals surface area contributed by atoms with Crippen LogP contribution >= 0.6 is 0 Å². The lowest BCUT2D eigenvalue weighted by molar-refractivity contribution is 0.0709. The van der Waals surface area contributed by atoms with Crippen molar-refractivity contribution in [2.24, 2.45) is 12.8 Å². The summed E-state index contributed by atoms with van der Waals surface area (Å²) in [6, 6.07) is 5.60. The van der Waals surface area contributed by atoms with Crippen molar-refractivity contribution in [1.29, 1.82) is 0 Å². The Morgan fingerprint density at radius 3 is 3.11 bits per heavy atom. The molecular weight excluding hydrogens is 242 g/mol. The summed E-state index contributed by atoms with van der Waals surface area (Å²) in [5, 5.41) is 7.98. The number of piperidine rings is 1. The highest BCUT2D eigenvalue weighted by molar-refractivity contribution is 5.97. The molecule has 1 saturated heterocycles. The van der Waals surface area contributed by atoms with E-state index >= 15 is 0 Å². The second-order valence-corrected chi connectivity index (χ2v) is 5.07. The largest absolute Gasteiger partial charge is 0.337 e. The first-order chi connectivity index (χ1) is 9.15. The molecule has 0 bridgehead atoms. The van der Waals surface area contributed by atoms with Gasteiger partial charge in [0.2, 0.25) is 0 Å². The first-order valence-electron chi connectivity index (χ1n) is 6.49. The number of amides is 1. The van der Waals surface area contributed by atoms with E-state index in [1.807, 2.05) is 24.1 Å². The molecule has 1 aromatic carbocycles. The zero-order chi connectivity index (χ0) is 13.4. The number of aryl methyl sites for hydroxylation is 1. The molecular formula is C13H17N5O. The van der Waals surface area contributed by atoms with E-state index in [0.717, 1.165) is 30.4 Å². The van der Waals surface area contributed by atoms with Crippen LogP contribution < -0.4 is 5.73 Å². The predicted octanol–water partition coefficient (Wildman–Crippen LogP) is 0.532. The molecule has 2 N–H and O–H groups in total. The molecule has 0 radical (unpaired) electrons. The summed E-state index contributed by atoms with van der Waals surface area (Å²) in [5.74, 6) is 0.0303. The molecule has 1 fully saturated rings. The van der Waals surface area contributed by atoms with Gasteiger partial charge in [0.1, 0.15) is 5.52 Å². The van der Waals surface area contributed by atoms with Crippen LogP contribution in [0.3, 0.4) is 0 Å². The van der Waals surface area contributed by atoms with Gasteiger partial charge >= 0.3 is 0 Å². The van der Waals surface area contributed by atoms with Gasteiger partial charge in [0.25, 0.3) is 5.91 Å². The highest BCUT2D eigenvalue weighted by atomic mass is 16.2. The first kappa shape index (κ1) is 12.1. The van der Waals surface area contributed by atoms with Gasteiger partial charge in [0.15, 0.2) is 0 Å². The van der Waals surface area contributed by atoms with E-state index in [2.05, 4.69) is 10.3 Å². The molecule has 1 aliphatic heterocycles. The van der Waals surface area contributed by atoms with Crippen LogP contribution in [0.2, 0.25) is 0 Å². The summed E-state index contributed by atoms with van der Waals surface area (Å²) < 4.78 is 1.69. The number of hydrogen-bond donors (Lipinski definition) is 1. The van der Waals surface area contributed by atoms with E-state index in [4.69, 9.17) is 5.73 Å². The molecule has 0 spiro atoms. The van der Waals surface area contributed by atoms with Crippen LogP contribution in [0.25, 0.3) is 11.0 Å². The number of fused-ring (bicyclic) bond motifs is 1. The molecule has 0 aliphatic carbocycles. The number of rotatable bonds is 1. The molecule has 1 aromatic heterocycles. The molecule has 1 aliphatic rings. The number of benzene rings is 1. The number of nitrogens with zero attached hydrogens (tertiary/aromatic N) is 4. The summed E-state index contributed by atoms with van der Waals surface area (Å²) >= 11 is 0. The third-order valence-electron chi connectivity index (χ3n) is 3.60. The number of nitrogens with two attached hydrogens (primary N) is 1. The third kappa shape index (κ3) is 2.19. The lowest BCUT2D eigenvalue weighted by Crippen LogP contribution is -2.45.